The molecule has 3 rings (SSSR count). The van der Waals surface area contributed by atoms with Gasteiger partial charge in [0.25, 0.3) is 5.91 Å². The van der Waals surface area contributed by atoms with Crippen LogP contribution in [0.5, 0.6) is 0 Å². The van der Waals surface area contributed by atoms with Crippen molar-refractivity contribution in [1.82, 2.24) is 15.4 Å². The number of rotatable bonds is 7. The summed E-state index contributed by atoms with van der Waals surface area (Å²) < 4.78 is 13.0. The summed E-state index contributed by atoms with van der Waals surface area (Å²) in [6.07, 6.45) is 6.08. The van der Waals surface area contributed by atoms with Crippen molar-refractivity contribution in [2.75, 3.05) is 6.54 Å². The van der Waals surface area contributed by atoms with Crippen LogP contribution < -0.4 is 16.9 Å². The molecule has 8 heteroatoms. The summed E-state index contributed by atoms with van der Waals surface area (Å²) in [6, 6.07) is 9.32. The van der Waals surface area contributed by atoms with E-state index < -0.39 is 0 Å². The van der Waals surface area contributed by atoms with Crippen LogP contribution in [0.3, 0.4) is 0 Å². The molecule has 1 aliphatic carbocycles. The molecule has 0 bridgehead atoms. The van der Waals surface area contributed by atoms with E-state index in [0.717, 1.165) is 18.4 Å². The third-order valence-electron chi connectivity index (χ3n) is 5.25. The van der Waals surface area contributed by atoms with Crippen molar-refractivity contribution in [2.45, 2.75) is 45.6 Å². The standard InChI is InChI=1S/C22H29FN6O/c1-15-11-18(21(24)28-29(25)14-17-5-3-2-4-6-17)12-20(27-15)22(30)26-13-16-7-9-19(23)10-8-16/h7-12,17H,2-6,13-14,25H2,1H3,(H2,24,28)(H,26,30). The first-order chi connectivity index (χ1) is 14.4. The number of hydrogen-bond donors (Lipinski definition) is 3. The van der Waals surface area contributed by atoms with Crippen molar-refractivity contribution in [3.8, 4) is 0 Å². The predicted molar refractivity (Wildman–Crippen MR) is 115 cm³/mol. The number of amides is 1. The third-order valence-corrected chi connectivity index (χ3v) is 5.25. The van der Waals surface area contributed by atoms with Gasteiger partial charge in [-0.3, -0.25) is 4.79 Å². The number of carbonyl (C=O) groups excluding carboxylic acids is 1. The number of hydrazone groups is 1. The van der Waals surface area contributed by atoms with Crippen LogP contribution in [0.1, 0.15) is 59.4 Å². The number of amidine groups is 1. The molecule has 0 aliphatic heterocycles. The lowest BCUT2D eigenvalue weighted by Gasteiger charge is -2.25. The van der Waals surface area contributed by atoms with Crippen molar-refractivity contribution in [1.29, 1.82) is 0 Å². The number of halogens is 1. The smallest absolute Gasteiger partial charge is 0.270 e. The van der Waals surface area contributed by atoms with Crippen molar-refractivity contribution in [3.63, 3.8) is 0 Å². The fourth-order valence-electron chi connectivity index (χ4n) is 3.68. The Morgan fingerprint density at radius 2 is 1.93 bits per heavy atom. The molecule has 0 saturated heterocycles. The van der Waals surface area contributed by atoms with Crippen LogP contribution in [0, 0.1) is 18.7 Å². The number of hydrogen-bond acceptors (Lipinski definition) is 5. The summed E-state index contributed by atoms with van der Waals surface area (Å²) in [6.45, 7) is 2.72. The van der Waals surface area contributed by atoms with Crippen molar-refractivity contribution in [3.05, 3.63) is 64.7 Å². The maximum absolute atomic E-state index is 13.0. The largest absolute Gasteiger partial charge is 0.382 e. The van der Waals surface area contributed by atoms with Crippen LogP contribution >= 0.6 is 0 Å². The van der Waals surface area contributed by atoms with Crippen LogP contribution in [0.25, 0.3) is 0 Å². The topological polar surface area (TPSA) is 110 Å². The number of aromatic nitrogens is 1. The van der Waals surface area contributed by atoms with Gasteiger partial charge in [0, 0.05) is 17.8 Å². The number of nitrogens with two attached hydrogens (primary N) is 2. The Bertz CT molecular complexity index is 893. The number of pyridine rings is 1. The van der Waals surface area contributed by atoms with E-state index in [9.17, 15) is 9.18 Å². The Labute approximate surface area is 176 Å². The van der Waals surface area contributed by atoms with Gasteiger partial charge in [0.1, 0.15) is 11.5 Å². The van der Waals surface area contributed by atoms with Gasteiger partial charge in [-0.25, -0.2) is 20.3 Å². The maximum atomic E-state index is 13.0. The maximum Gasteiger partial charge on any atom is 0.270 e. The summed E-state index contributed by atoms with van der Waals surface area (Å²) in [4.78, 5) is 16.8. The van der Waals surface area contributed by atoms with Crippen LogP contribution in [-0.2, 0) is 6.54 Å². The molecule has 5 N–H and O–H groups in total. The monoisotopic (exact) mass is 412 g/mol. The minimum absolute atomic E-state index is 0.237. The Kier molecular flexibility index (Phi) is 7.35. The lowest BCUT2D eigenvalue weighted by atomic mass is 9.89. The van der Waals surface area contributed by atoms with Gasteiger partial charge in [-0.2, -0.15) is 0 Å². The highest BCUT2D eigenvalue weighted by molar-refractivity contribution is 6.00. The fraction of sp³-hybridized carbons (Fsp3) is 0.409. The van der Waals surface area contributed by atoms with E-state index in [4.69, 9.17) is 11.6 Å². The Hall–Kier alpha value is -3.00. The van der Waals surface area contributed by atoms with Gasteiger partial charge in [0.05, 0.1) is 6.54 Å². The number of carbonyl (C=O) groups is 1. The van der Waals surface area contributed by atoms with E-state index in [0.29, 0.717) is 23.7 Å². The summed E-state index contributed by atoms with van der Waals surface area (Å²) in [5.74, 6) is 6.16. The van der Waals surface area contributed by atoms with Gasteiger partial charge < -0.3 is 11.1 Å². The molecule has 2 aromatic rings. The molecular weight excluding hydrogens is 383 g/mol. The second kappa shape index (κ2) is 10.2. The average Bonchev–Trinajstić information content (AvgIpc) is 2.73. The van der Waals surface area contributed by atoms with Gasteiger partial charge in [0.2, 0.25) is 0 Å². The summed E-state index contributed by atoms with van der Waals surface area (Å²) in [5, 5.41) is 8.48. The number of hydrazine groups is 1. The van der Waals surface area contributed by atoms with E-state index in [2.05, 4.69) is 15.4 Å². The summed E-state index contributed by atoms with van der Waals surface area (Å²) >= 11 is 0. The zero-order valence-corrected chi connectivity index (χ0v) is 17.3. The number of benzene rings is 1. The minimum atomic E-state index is -0.344. The molecule has 30 heavy (non-hydrogen) atoms. The molecule has 0 radical (unpaired) electrons. The van der Waals surface area contributed by atoms with E-state index in [1.54, 1.807) is 31.2 Å². The molecule has 0 unspecified atom stereocenters. The predicted octanol–water partition coefficient (Wildman–Crippen LogP) is 2.84. The Balaban J connectivity index is 1.65. The lowest BCUT2D eigenvalue weighted by molar-refractivity contribution is 0.0945. The highest BCUT2D eigenvalue weighted by Gasteiger charge is 2.16. The molecule has 160 valence electrons. The lowest BCUT2D eigenvalue weighted by Crippen LogP contribution is -2.34. The van der Waals surface area contributed by atoms with E-state index in [-0.39, 0.29) is 29.8 Å². The molecule has 1 fully saturated rings. The molecule has 7 nitrogen and oxygen atoms in total. The second-order valence-electron chi connectivity index (χ2n) is 7.80. The zero-order chi connectivity index (χ0) is 21.5. The highest BCUT2D eigenvalue weighted by atomic mass is 19.1. The van der Waals surface area contributed by atoms with Crippen molar-refractivity contribution < 1.29 is 9.18 Å². The first-order valence-electron chi connectivity index (χ1n) is 10.3. The van der Waals surface area contributed by atoms with Crippen LogP contribution in [0.15, 0.2) is 41.5 Å². The first-order valence-corrected chi connectivity index (χ1v) is 10.3. The number of aryl methyl sites for hydroxylation is 1. The van der Waals surface area contributed by atoms with Crippen LogP contribution in [-0.4, -0.2) is 28.4 Å². The molecular formula is C22H29FN6O. The van der Waals surface area contributed by atoms with Crippen molar-refractivity contribution >= 4 is 11.7 Å². The number of nitrogens with one attached hydrogen (secondary N) is 1. The van der Waals surface area contributed by atoms with E-state index in [1.807, 2.05) is 0 Å². The van der Waals surface area contributed by atoms with Gasteiger partial charge >= 0.3 is 0 Å². The first kappa shape index (κ1) is 21.7. The Morgan fingerprint density at radius 1 is 1.23 bits per heavy atom. The minimum Gasteiger partial charge on any atom is -0.382 e. The average molecular weight is 413 g/mol. The quantitative estimate of drug-likeness (QED) is 0.280. The highest BCUT2D eigenvalue weighted by Crippen LogP contribution is 2.23. The number of nitrogens with zero attached hydrogens (tertiary/aromatic N) is 3. The van der Waals surface area contributed by atoms with Crippen LogP contribution in [0.4, 0.5) is 4.39 Å². The van der Waals surface area contributed by atoms with Crippen LogP contribution in [0.2, 0.25) is 0 Å². The molecule has 1 amide bonds. The molecule has 1 aromatic heterocycles. The van der Waals surface area contributed by atoms with E-state index >= 15 is 0 Å². The van der Waals surface area contributed by atoms with Gasteiger partial charge in [-0.05, 0) is 55.5 Å². The molecule has 1 saturated carbocycles. The summed E-state index contributed by atoms with van der Waals surface area (Å²) in [5.41, 5.74) is 8.42. The SMILES string of the molecule is Cc1cc(/C(N)=N/N(N)CC2CCCCC2)cc(C(=O)NCc2ccc(F)cc2)n1. The Morgan fingerprint density at radius 3 is 2.63 bits per heavy atom. The fourth-order valence-corrected chi connectivity index (χ4v) is 3.68. The van der Waals surface area contributed by atoms with Gasteiger partial charge in [-0.15, -0.1) is 5.10 Å². The summed E-state index contributed by atoms with van der Waals surface area (Å²) in [7, 11) is 0. The zero-order valence-electron chi connectivity index (χ0n) is 17.3. The third kappa shape index (κ3) is 6.25. The molecule has 1 heterocycles. The molecule has 1 aromatic carbocycles. The van der Waals surface area contributed by atoms with Gasteiger partial charge in [0.15, 0.2) is 5.84 Å². The molecule has 1 aliphatic rings. The molecule has 0 atom stereocenters. The van der Waals surface area contributed by atoms with Gasteiger partial charge in [-0.1, -0.05) is 31.4 Å². The second-order valence-corrected chi connectivity index (χ2v) is 7.80. The normalized spacial score (nSPS) is 15.1. The van der Waals surface area contributed by atoms with Crippen molar-refractivity contribution in [2.24, 2.45) is 22.6 Å². The molecule has 0 spiro atoms. The van der Waals surface area contributed by atoms with E-state index in [1.165, 1.54) is 36.5 Å².